The van der Waals surface area contributed by atoms with Crippen molar-refractivity contribution in [3.8, 4) is 17.3 Å². The van der Waals surface area contributed by atoms with Gasteiger partial charge in [0.15, 0.2) is 0 Å². The summed E-state index contributed by atoms with van der Waals surface area (Å²) in [6, 6.07) is 3.65. The molecule has 32 heavy (non-hydrogen) atoms. The van der Waals surface area contributed by atoms with Crippen LogP contribution < -0.4 is 4.74 Å². The zero-order chi connectivity index (χ0) is 23.5. The normalized spacial score (nSPS) is 12.5. The highest BCUT2D eigenvalue weighted by molar-refractivity contribution is 6.00. The minimum absolute atomic E-state index is 0.0143. The molecule has 11 heteroatoms. The van der Waals surface area contributed by atoms with Crippen molar-refractivity contribution >= 4 is 5.91 Å². The van der Waals surface area contributed by atoms with Gasteiger partial charge in [-0.3, -0.25) is 4.79 Å². The Balaban J connectivity index is 1.77. The molecule has 0 bridgehead atoms. The van der Waals surface area contributed by atoms with Gasteiger partial charge in [-0.1, -0.05) is 6.07 Å². The van der Waals surface area contributed by atoms with E-state index in [0.717, 1.165) is 19.3 Å². The quantitative estimate of drug-likeness (QED) is 0.513. The fraction of sp³-hybridized carbons (Fsp3) is 0.381. The Morgan fingerprint density at radius 2 is 2.00 bits per heavy atom. The number of alkyl halides is 2. The Hall–Kier alpha value is -3.50. The van der Waals surface area contributed by atoms with Crippen LogP contribution in [0, 0.1) is 12.7 Å². The zero-order valence-corrected chi connectivity index (χ0v) is 18.0. The average Bonchev–Trinajstić information content (AvgIpc) is 3.18. The molecule has 1 amide bonds. The van der Waals surface area contributed by atoms with Gasteiger partial charge in [0.1, 0.15) is 18.1 Å². The van der Waals surface area contributed by atoms with Crippen LogP contribution in [-0.4, -0.2) is 50.2 Å². The number of rotatable bonds is 8. The summed E-state index contributed by atoms with van der Waals surface area (Å²) in [4.78, 5) is 22.2. The SMILES string of the molecule is CCN(C(=O)c1cccc(F)c1-c1nnc(C)o1)[C@@H](C)COc1cnc(C(C)(F)F)cn1. The lowest BCUT2D eigenvalue weighted by Gasteiger charge is -2.28. The van der Waals surface area contributed by atoms with Crippen LogP contribution in [0.5, 0.6) is 5.88 Å². The number of aryl methyl sites for hydroxylation is 1. The predicted molar refractivity (Wildman–Crippen MR) is 108 cm³/mol. The van der Waals surface area contributed by atoms with E-state index in [0.29, 0.717) is 6.54 Å². The predicted octanol–water partition coefficient (Wildman–Crippen LogP) is 4.02. The molecule has 0 radical (unpaired) electrons. The number of hydrogen-bond donors (Lipinski definition) is 0. The molecule has 0 unspecified atom stereocenters. The number of likely N-dealkylation sites (N-methyl/N-ethyl adjacent to an activating group) is 1. The minimum atomic E-state index is -3.11. The molecular weight excluding hydrogens is 427 g/mol. The summed E-state index contributed by atoms with van der Waals surface area (Å²) >= 11 is 0. The van der Waals surface area contributed by atoms with Crippen LogP contribution in [0.25, 0.3) is 11.5 Å². The van der Waals surface area contributed by atoms with Gasteiger partial charge in [-0.2, -0.15) is 8.78 Å². The molecule has 3 aromatic rings. The van der Waals surface area contributed by atoms with Crippen molar-refractivity contribution < 1.29 is 27.1 Å². The largest absolute Gasteiger partial charge is 0.474 e. The molecule has 0 N–H and O–H groups in total. The second-order valence-electron chi connectivity index (χ2n) is 7.17. The van der Waals surface area contributed by atoms with Gasteiger partial charge in [0, 0.05) is 20.4 Å². The molecular formula is C21H22F3N5O3. The van der Waals surface area contributed by atoms with E-state index in [-0.39, 0.29) is 35.4 Å². The average molecular weight is 449 g/mol. The van der Waals surface area contributed by atoms with Gasteiger partial charge in [-0.15, -0.1) is 10.2 Å². The van der Waals surface area contributed by atoms with E-state index in [9.17, 15) is 18.0 Å². The Kier molecular flexibility index (Phi) is 6.75. The van der Waals surface area contributed by atoms with Crippen molar-refractivity contribution in [1.29, 1.82) is 0 Å². The van der Waals surface area contributed by atoms with Crippen LogP contribution in [-0.2, 0) is 5.92 Å². The van der Waals surface area contributed by atoms with Crippen molar-refractivity contribution in [1.82, 2.24) is 25.1 Å². The van der Waals surface area contributed by atoms with Gasteiger partial charge in [-0.05, 0) is 26.0 Å². The van der Waals surface area contributed by atoms with Crippen molar-refractivity contribution in [2.45, 2.75) is 39.7 Å². The molecule has 1 atom stereocenters. The first-order chi connectivity index (χ1) is 15.1. The molecule has 0 aliphatic rings. The summed E-state index contributed by atoms with van der Waals surface area (Å²) in [6.45, 7) is 6.10. The standard InChI is InChI=1S/C21H22F3N5O3/c1-5-29(12(2)11-31-17-10-25-16(9-26-17)21(4,23)24)20(30)14-7-6-8-15(22)18(14)19-28-27-13(3)32-19/h6-10,12H,5,11H2,1-4H3/t12-/m0/s1. The monoisotopic (exact) mass is 449 g/mol. The molecule has 0 aliphatic heterocycles. The first kappa shape index (κ1) is 23.2. The summed E-state index contributed by atoms with van der Waals surface area (Å²) in [7, 11) is 0. The number of benzene rings is 1. The lowest BCUT2D eigenvalue weighted by Crippen LogP contribution is -2.42. The van der Waals surface area contributed by atoms with Gasteiger partial charge in [0.2, 0.25) is 11.8 Å². The summed E-state index contributed by atoms with van der Waals surface area (Å²) < 4.78 is 51.9. The van der Waals surface area contributed by atoms with E-state index in [1.807, 2.05) is 0 Å². The van der Waals surface area contributed by atoms with Crippen LogP contribution in [0.1, 0.15) is 42.7 Å². The summed E-state index contributed by atoms with van der Waals surface area (Å²) in [6.07, 6.45) is 2.04. The Morgan fingerprint density at radius 3 is 2.56 bits per heavy atom. The number of halogens is 3. The second kappa shape index (κ2) is 9.33. The third kappa shape index (κ3) is 5.04. The molecule has 3 rings (SSSR count). The number of carbonyl (C=O) groups excluding carboxylic acids is 1. The number of ether oxygens (including phenoxy) is 1. The van der Waals surface area contributed by atoms with Crippen molar-refractivity contribution in [2.24, 2.45) is 0 Å². The van der Waals surface area contributed by atoms with E-state index < -0.39 is 29.4 Å². The topological polar surface area (TPSA) is 94.2 Å². The number of carbonyl (C=O) groups is 1. The molecule has 0 saturated carbocycles. The Morgan fingerprint density at radius 1 is 1.25 bits per heavy atom. The molecule has 170 valence electrons. The number of hydrogen-bond acceptors (Lipinski definition) is 7. The summed E-state index contributed by atoms with van der Waals surface area (Å²) in [5.74, 6) is -4.04. The lowest BCUT2D eigenvalue weighted by atomic mass is 10.0. The van der Waals surface area contributed by atoms with Crippen LogP contribution in [0.3, 0.4) is 0 Å². The second-order valence-corrected chi connectivity index (χ2v) is 7.17. The van der Waals surface area contributed by atoms with E-state index in [1.165, 1.54) is 23.1 Å². The highest BCUT2D eigenvalue weighted by Crippen LogP contribution is 2.28. The molecule has 0 fully saturated rings. The highest BCUT2D eigenvalue weighted by Gasteiger charge is 2.28. The maximum atomic E-state index is 14.6. The van der Waals surface area contributed by atoms with E-state index in [1.54, 1.807) is 20.8 Å². The zero-order valence-electron chi connectivity index (χ0n) is 18.0. The van der Waals surface area contributed by atoms with Crippen LogP contribution in [0.2, 0.25) is 0 Å². The molecule has 0 aliphatic carbocycles. The van der Waals surface area contributed by atoms with E-state index in [4.69, 9.17) is 9.15 Å². The van der Waals surface area contributed by atoms with Gasteiger partial charge in [0.05, 0.1) is 29.6 Å². The fourth-order valence-corrected chi connectivity index (χ4v) is 3.04. The Bertz CT molecular complexity index is 1080. The first-order valence-corrected chi connectivity index (χ1v) is 9.85. The maximum absolute atomic E-state index is 14.6. The van der Waals surface area contributed by atoms with Crippen molar-refractivity contribution in [3.05, 3.63) is 53.6 Å². The summed E-state index contributed by atoms with van der Waals surface area (Å²) in [5, 5.41) is 7.53. The van der Waals surface area contributed by atoms with Gasteiger partial charge in [0.25, 0.3) is 17.7 Å². The lowest BCUT2D eigenvalue weighted by molar-refractivity contribution is 0.0121. The van der Waals surface area contributed by atoms with E-state index >= 15 is 0 Å². The molecule has 0 spiro atoms. The van der Waals surface area contributed by atoms with Crippen LogP contribution in [0.15, 0.2) is 35.0 Å². The van der Waals surface area contributed by atoms with E-state index in [2.05, 4.69) is 20.2 Å². The fourth-order valence-electron chi connectivity index (χ4n) is 3.04. The maximum Gasteiger partial charge on any atom is 0.288 e. The van der Waals surface area contributed by atoms with Crippen LogP contribution >= 0.6 is 0 Å². The van der Waals surface area contributed by atoms with Crippen molar-refractivity contribution in [2.75, 3.05) is 13.2 Å². The van der Waals surface area contributed by atoms with Crippen molar-refractivity contribution in [3.63, 3.8) is 0 Å². The molecule has 0 saturated heterocycles. The highest BCUT2D eigenvalue weighted by atomic mass is 19.3. The third-order valence-corrected chi connectivity index (χ3v) is 4.67. The third-order valence-electron chi connectivity index (χ3n) is 4.67. The Labute approximate surface area is 182 Å². The first-order valence-electron chi connectivity index (χ1n) is 9.85. The molecule has 2 aromatic heterocycles. The van der Waals surface area contributed by atoms with Gasteiger partial charge < -0.3 is 14.1 Å². The minimum Gasteiger partial charge on any atom is -0.474 e. The van der Waals surface area contributed by atoms with Gasteiger partial charge >= 0.3 is 0 Å². The van der Waals surface area contributed by atoms with Gasteiger partial charge in [-0.25, -0.2) is 14.4 Å². The number of nitrogens with zero attached hydrogens (tertiary/aromatic N) is 5. The summed E-state index contributed by atoms with van der Waals surface area (Å²) in [5.41, 5.74) is -0.485. The van der Waals surface area contributed by atoms with Crippen LogP contribution in [0.4, 0.5) is 13.2 Å². The number of aromatic nitrogens is 4. The molecule has 8 nitrogen and oxygen atoms in total. The molecule has 2 heterocycles. The molecule has 1 aromatic carbocycles. The number of amides is 1. The smallest absolute Gasteiger partial charge is 0.288 e.